The van der Waals surface area contributed by atoms with E-state index in [4.69, 9.17) is 0 Å². The maximum absolute atomic E-state index is 12.6. The van der Waals surface area contributed by atoms with E-state index in [9.17, 15) is 9.59 Å². The number of carbonyl (C=O) groups is 2. The van der Waals surface area contributed by atoms with Crippen molar-refractivity contribution in [1.82, 2.24) is 9.55 Å². The third kappa shape index (κ3) is 3.08. The molecule has 26 heavy (non-hydrogen) atoms. The summed E-state index contributed by atoms with van der Waals surface area (Å²) in [6, 6.07) is 6.95. The first-order chi connectivity index (χ1) is 12.6. The van der Waals surface area contributed by atoms with Crippen LogP contribution in [0, 0.1) is 0 Å². The summed E-state index contributed by atoms with van der Waals surface area (Å²) in [6.45, 7) is 0. The molecule has 0 bridgehead atoms. The summed E-state index contributed by atoms with van der Waals surface area (Å²) in [4.78, 5) is 30.5. The second-order valence-electron chi connectivity index (χ2n) is 6.48. The Labute approximate surface area is 155 Å². The molecule has 0 saturated carbocycles. The SMILES string of the molecule is Cn1ccnc1C(=O)c1ccc(NC(=O)c2csc3c2CCCC3)cc1. The first kappa shape index (κ1) is 16.7. The highest BCUT2D eigenvalue weighted by atomic mass is 32.1. The van der Waals surface area contributed by atoms with E-state index in [1.165, 1.54) is 16.9 Å². The Kier molecular flexibility index (Phi) is 4.42. The topological polar surface area (TPSA) is 64.0 Å². The molecule has 0 radical (unpaired) electrons. The second kappa shape index (κ2) is 6.88. The van der Waals surface area contributed by atoms with Crippen LogP contribution in [0.4, 0.5) is 5.69 Å². The first-order valence-electron chi connectivity index (χ1n) is 8.66. The van der Waals surface area contributed by atoms with Crippen LogP contribution in [-0.4, -0.2) is 21.2 Å². The summed E-state index contributed by atoms with van der Waals surface area (Å²) >= 11 is 1.68. The Morgan fingerprint density at radius 3 is 2.65 bits per heavy atom. The molecule has 1 aromatic carbocycles. The Balaban J connectivity index is 1.49. The minimum absolute atomic E-state index is 0.0763. The van der Waals surface area contributed by atoms with Gasteiger partial charge in [-0.25, -0.2) is 4.98 Å². The van der Waals surface area contributed by atoms with Gasteiger partial charge in [-0.3, -0.25) is 9.59 Å². The summed E-state index contributed by atoms with van der Waals surface area (Å²) in [5.74, 6) is 0.182. The fourth-order valence-corrected chi connectivity index (χ4v) is 4.43. The number of nitrogens with one attached hydrogen (secondary N) is 1. The van der Waals surface area contributed by atoms with Gasteiger partial charge in [0.2, 0.25) is 5.78 Å². The van der Waals surface area contributed by atoms with Crippen molar-refractivity contribution in [3.05, 3.63) is 69.4 Å². The van der Waals surface area contributed by atoms with Crippen LogP contribution in [0.15, 0.2) is 42.0 Å². The number of aryl methyl sites for hydroxylation is 2. The molecule has 0 fully saturated rings. The zero-order chi connectivity index (χ0) is 18.1. The van der Waals surface area contributed by atoms with Crippen LogP contribution in [0.25, 0.3) is 0 Å². The Morgan fingerprint density at radius 2 is 1.92 bits per heavy atom. The van der Waals surface area contributed by atoms with Crippen molar-refractivity contribution in [2.24, 2.45) is 7.05 Å². The molecule has 4 rings (SSSR count). The lowest BCUT2D eigenvalue weighted by atomic mass is 9.95. The van der Waals surface area contributed by atoms with Gasteiger partial charge in [-0.15, -0.1) is 11.3 Å². The summed E-state index contributed by atoms with van der Waals surface area (Å²) < 4.78 is 1.69. The lowest BCUT2D eigenvalue weighted by molar-refractivity contribution is 0.101. The lowest BCUT2D eigenvalue weighted by Gasteiger charge is -2.13. The minimum atomic E-state index is -0.137. The predicted octanol–water partition coefficient (Wildman–Crippen LogP) is 3.84. The van der Waals surface area contributed by atoms with Gasteiger partial charge in [-0.1, -0.05) is 0 Å². The van der Waals surface area contributed by atoms with Crippen molar-refractivity contribution in [2.75, 3.05) is 5.32 Å². The smallest absolute Gasteiger partial charge is 0.256 e. The third-order valence-electron chi connectivity index (χ3n) is 4.74. The maximum Gasteiger partial charge on any atom is 0.256 e. The lowest BCUT2D eigenvalue weighted by Crippen LogP contribution is -2.14. The molecular formula is C20H19N3O2S. The number of hydrogen-bond acceptors (Lipinski definition) is 4. The second-order valence-corrected chi connectivity index (χ2v) is 7.44. The molecule has 0 saturated heterocycles. The number of ketones is 1. The monoisotopic (exact) mass is 365 g/mol. The van der Waals surface area contributed by atoms with E-state index < -0.39 is 0 Å². The van der Waals surface area contributed by atoms with E-state index in [1.807, 2.05) is 5.38 Å². The quantitative estimate of drug-likeness (QED) is 0.715. The van der Waals surface area contributed by atoms with E-state index in [2.05, 4.69) is 10.3 Å². The molecule has 1 aliphatic carbocycles. The van der Waals surface area contributed by atoms with Crippen LogP contribution < -0.4 is 5.32 Å². The van der Waals surface area contributed by atoms with Gasteiger partial charge < -0.3 is 9.88 Å². The number of imidazole rings is 1. The van der Waals surface area contributed by atoms with E-state index in [-0.39, 0.29) is 11.7 Å². The number of aromatic nitrogens is 2. The predicted molar refractivity (Wildman–Crippen MR) is 102 cm³/mol. The molecule has 1 N–H and O–H groups in total. The van der Waals surface area contributed by atoms with Crippen LogP contribution in [0.3, 0.4) is 0 Å². The van der Waals surface area contributed by atoms with Gasteiger partial charge in [0.15, 0.2) is 5.82 Å². The minimum Gasteiger partial charge on any atom is -0.331 e. The highest BCUT2D eigenvalue weighted by Crippen LogP contribution is 2.30. The van der Waals surface area contributed by atoms with Crippen molar-refractivity contribution in [3.63, 3.8) is 0 Å². The third-order valence-corrected chi connectivity index (χ3v) is 5.82. The Bertz CT molecular complexity index is 969. The maximum atomic E-state index is 12.6. The fourth-order valence-electron chi connectivity index (χ4n) is 3.30. The molecule has 0 atom stereocenters. The largest absolute Gasteiger partial charge is 0.331 e. The molecule has 0 aliphatic heterocycles. The number of carbonyl (C=O) groups excluding carboxylic acids is 2. The van der Waals surface area contributed by atoms with Crippen molar-refractivity contribution < 1.29 is 9.59 Å². The zero-order valence-electron chi connectivity index (χ0n) is 14.5. The zero-order valence-corrected chi connectivity index (χ0v) is 15.3. The molecule has 5 nitrogen and oxygen atoms in total. The van der Waals surface area contributed by atoms with Gasteiger partial charge in [0.25, 0.3) is 5.91 Å². The summed E-state index contributed by atoms with van der Waals surface area (Å²) in [5.41, 5.74) is 3.23. The van der Waals surface area contributed by atoms with Crippen LogP contribution in [0.5, 0.6) is 0 Å². The van der Waals surface area contributed by atoms with Gasteiger partial charge in [0, 0.05) is 40.9 Å². The van der Waals surface area contributed by atoms with E-state index in [0.29, 0.717) is 17.1 Å². The number of benzene rings is 1. The van der Waals surface area contributed by atoms with Crippen molar-refractivity contribution >= 4 is 28.7 Å². The molecule has 0 spiro atoms. The standard InChI is InChI=1S/C20H19N3O2S/c1-23-11-10-21-19(23)18(24)13-6-8-14(9-7-13)22-20(25)16-12-26-17-5-3-2-4-15(16)17/h6-12H,2-5H2,1H3,(H,22,25). The van der Waals surface area contributed by atoms with E-state index in [0.717, 1.165) is 24.8 Å². The molecule has 1 amide bonds. The van der Waals surface area contributed by atoms with Crippen LogP contribution in [-0.2, 0) is 19.9 Å². The van der Waals surface area contributed by atoms with Crippen molar-refractivity contribution in [3.8, 4) is 0 Å². The van der Waals surface area contributed by atoms with Crippen LogP contribution >= 0.6 is 11.3 Å². The van der Waals surface area contributed by atoms with Crippen molar-refractivity contribution in [2.45, 2.75) is 25.7 Å². The molecule has 2 aromatic heterocycles. The number of nitrogens with zero attached hydrogens (tertiary/aromatic N) is 2. The average molecular weight is 365 g/mol. The summed E-state index contributed by atoms with van der Waals surface area (Å²) in [6.07, 6.45) is 7.76. The van der Waals surface area contributed by atoms with Gasteiger partial charge in [-0.05, 0) is 55.5 Å². The van der Waals surface area contributed by atoms with E-state index in [1.54, 1.807) is 59.6 Å². The molecule has 2 heterocycles. The highest BCUT2D eigenvalue weighted by Gasteiger charge is 2.20. The number of anilines is 1. The van der Waals surface area contributed by atoms with Gasteiger partial charge in [-0.2, -0.15) is 0 Å². The molecular weight excluding hydrogens is 346 g/mol. The Hall–Kier alpha value is -2.73. The van der Waals surface area contributed by atoms with Crippen LogP contribution in [0.1, 0.15) is 49.8 Å². The average Bonchev–Trinajstić information content (AvgIpc) is 3.28. The van der Waals surface area contributed by atoms with Gasteiger partial charge in [0.05, 0.1) is 5.56 Å². The Morgan fingerprint density at radius 1 is 1.15 bits per heavy atom. The van der Waals surface area contributed by atoms with Gasteiger partial charge in [0.1, 0.15) is 0 Å². The summed E-state index contributed by atoms with van der Waals surface area (Å²) in [5, 5.41) is 4.90. The number of rotatable bonds is 4. The van der Waals surface area contributed by atoms with E-state index >= 15 is 0 Å². The summed E-state index contributed by atoms with van der Waals surface area (Å²) in [7, 11) is 1.79. The number of amides is 1. The molecule has 0 unspecified atom stereocenters. The molecule has 6 heteroatoms. The highest BCUT2D eigenvalue weighted by molar-refractivity contribution is 7.10. The fraction of sp³-hybridized carbons (Fsp3) is 0.250. The number of thiophene rings is 1. The molecule has 1 aliphatic rings. The molecule has 3 aromatic rings. The van der Waals surface area contributed by atoms with Crippen LogP contribution in [0.2, 0.25) is 0 Å². The normalized spacial score (nSPS) is 13.3. The van der Waals surface area contributed by atoms with Gasteiger partial charge >= 0.3 is 0 Å². The number of hydrogen-bond donors (Lipinski definition) is 1. The molecule has 132 valence electrons. The first-order valence-corrected chi connectivity index (χ1v) is 9.54. The number of fused-ring (bicyclic) bond motifs is 1. The van der Waals surface area contributed by atoms with Crippen molar-refractivity contribution in [1.29, 1.82) is 0 Å².